The molecule has 0 aromatic carbocycles. The van der Waals surface area contributed by atoms with Crippen LogP contribution >= 0.6 is 0 Å². The van der Waals surface area contributed by atoms with Crippen molar-refractivity contribution < 1.29 is 4.42 Å². The van der Waals surface area contributed by atoms with Crippen molar-refractivity contribution in [1.82, 2.24) is 0 Å². The van der Waals surface area contributed by atoms with Gasteiger partial charge in [-0.3, -0.25) is 0 Å². The van der Waals surface area contributed by atoms with Crippen molar-refractivity contribution in [3.63, 3.8) is 0 Å². The van der Waals surface area contributed by atoms with Gasteiger partial charge in [-0.15, -0.1) is 6.42 Å². The third kappa shape index (κ3) is 1.40. The van der Waals surface area contributed by atoms with E-state index >= 15 is 0 Å². The van der Waals surface area contributed by atoms with Crippen LogP contribution in [-0.2, 0) is 0 Å². The van der Waals surface area contributed by atoms with E-state index in [4.69, 9.17) is 10.8 Å². The largest absolute Gasteiger partial charge is 0.465 e. The van der Waals surface area contributed by atoms with Gasteiger partial charge in [0, 0.05) is 0 Å². The number of hydrogen-bond acceptors (Lipinski definition) is 1. The lowest BCUT2D eigenvalue weighted by atomic mass is 9.98. The van der Waals surface area contributed by atoms with Crippen molar-refractivity contribution in [3.8, 4) is 12.3 Å². The standard InChI is InChI=1S/C12H12O/c1-3-12(6-7-12)10(2)9-11-5-4-8-13-11/h1,4-5,8-9H,6-7H2,2H3/b10-9-. The Kier molecular flexibility index (Phi) is 1.77. The summed E-state index contributed by atoms with van der Waals surface area (Å²) in [5.74, 6) is 3.74. The van der Waals surface area contributed by atoms with E-state index in [1.54, 1.807) is 6.26 Å². The minimum absolute atomic E-state index is 0.0484. The Labute approximate surface area is 78.4 Å². The van der Waals surface area contributed by atoms with Crippen LogP contribution in [0.2, 0.25) is 0 Å². The number of furan rings is 1. The molecule has 0 unspecified atom stereocenters. The maximum absolute atomic E-state index is 5.48. The molecule has 0 N–H and O–H groups in total. The smallest absolute Gasteiger partial charge is 0.126 e. The molecule has 1 aromatic rings. The first kappa shape index (κ1) is 8.19. The fourth-order valence-corrected chi connectivity index (χ4v) is 1.50. The molecular formula is C12H12O. The van der Waals surface area contributed by atoms with Crippen LogP contribution < -0.4 is 0 Å². The van der Waals surface area contributed by atoms with E-state index < -0.39 is 0 Å². The molecule has 2 rings (SSSR count). The maximum atomic E-state index is 5.48. The summed E-state index contributed by atoms with van der Waals surface area (Å²) in [6, 6.07) is 3.82. The van der Waals surface area contributed by atoms with Gasteiger partial charge < -0.3 is 4.42 Å². The van der Waals surface area contributed by atoms with Gasteiger partial charge >= 0.3 is 0 Å². The Bertz CT molecular complexity index is 358. The molecule has 66 valence electrons. The molecule has 0 atom stereocenters. The lowest BCUT2D eigenvalue weighted by Crippen LogP contribution is -1.96. The zero-order valence-corrected chi connectivity index (χ0v) is 7.71. The molecular weight excluding hydrogens is 160 g/mol. The van der Waals surface area contributed by atoms with E-state index in [0.717, 1.165) is 18.6 Å². The summed E-state index contributed by atoms with van der Waals surface area (Å²) in [4.78, 5) is 0. The first-order chi connectivity index (χ1) is 6.27. The average molecular weight is 172 g/mol. The minimum Gasteiger partial charge on any atom is -0.465 e. The zero-order chi connectivity index (χ0) is 9.31. The van der Waals surface area contributed by atoms with Crippen LogP contribution in [0.1, 0.15) is 25.5 Å². The molecule has 0 saturated heterocycles. The highest BCUT2D eigenvalue weighted by Gasteiger charge is 2.42. The van der Waals surface area contributed by atoms with Crippen molar-refractivity contribution >= 4 is 6.08 Å². The van der Waals surface area contributed by atoms with Crippen LogP contribution in [0.15, 0.2) is 28.4 Å². The SMILES string of the molecule is C#CC1(/C(C)=C\c2ccco2)CC1. The third-order valence-electron chi connectivity index (χ3n) is 2.68. The van der Waals surface area contributed by atoms with Crippen LogP contribution in [0.3, 0.4) is 0 Å². The van der Waals surface area contributed by atoms with Gasteiger partial charge in [-0.05, 0) is 38.0 Å². The predicted octanol–water partition coefficient (Wildman–Crippen LogP) is 3.10. The molecule has 1 aliphatic rings. The number of allylic oxidation sites excluding steroid dienone is 1. The maximum Gasteiger partial charge on any atom is 0.126 e. The lowest BCUT2D eigenvalue weighted by Gasteiger charge is -2.06. The normalized spacial score (nSPS) is 19.5. The summed E-state index contributed by atoms with van der Waals surface area (Å²) in [6.45, 7) is 2.08. The Morgan fingerprint density at radius 2 is 2.46 bits per heavy atom. The Morgan fingerprint density at radius 1 is 1.69 bits per heavy atom. The Hall–Kier alpha value is -1.42. The topological polar surface area (TPSA) is 13.1 Å². The van der Waals surface area contributed by atoms with Gasteiger partial charge in [0.1, 0.15) is 5.76 Å². The Balaban J connectivity index is 2.23. The van der Waals surface area contributed by atoms with Gasteiger partial charge in [-0.25, -0.2) is 0 Å². The molecule has 0 amide bonds. The molecule has 0 spiro atoms. The first-order valence-electron chi connectivity index (χ1n) is 4.47. The average Bonchev–Trinajstić information content (AvgIpc) is 2.79. The van der Waals surface area contributed by atoms with Gasteiger partial charge in [0.2, 0.25) is 0 Å². The summed E-state index contributed by atoms with van der Waals surface area (Å²) >= 11 is 0. The molecule has 1 aliphatic carbocycles. The molecule has 1 aromatic heterocycles. The molecule has 1 heterocycles. The molecule has 0 aliphatic heterocycles. The second-order valence-electron chi connectivity index (χ2n) is 3.57. The van der Waals surface area contributed by atoms with E-state index in [-0.39, 0.29) is 5.41 Å². The van der Waals surface area contributed by atoms with Crippen molar-refractivity contribution in [2.45, 2.75) is 19.8 Å². The monoisotopic (exact) mass is 172 g/mol. The van der Waals surface area contributed by atoms with Crippen LogP contribution in [-0.4, -0.2) is 0 Å². The number of rotatable bonds is 2. The van der Waals surface area contributed by atoms with Crippen molar-refractivity contribution in [2.75, 3.05) is 0 Å². The second-order valence-corrected chi connectivity index (χ2v) is 3.57. The van der Waals surface area contributed by atoms with Crippen molar-refractivity contribution in [1.29, 1.82) is 0 Å². The number of hydrogen-bond donors (Lipinski definition) is 0. The van der Waals surface area contributed by atoms with Gasteiger partial charge in [0.15, 0.2) is 0 Å². The van der Waals surface area contributed by atoms with E-state index in [0.29, 0.717) is 0 Å². The highest BCUT2D eigenvalue weighted by Crippen LogP contribution is 2.51. The summed E-state index contributed by atoms with van der Waals surface area (Å²) in [6.07, 6.45) is 11.4. The fourth-order valence-electron chi connectivity index (χ4n) is 1.50. The van der Waals surface area contributed by atoms with E-state index in [9.17, 15) is 0 Å². The first-order valence-corrected chi connectivity index (χ1v) is 4.47. The van der Waals surface area contributed by atoms with Crippen molar-refractivity contribution in [3.05, 3.63) is 29.7 Å². The molecule has 1 nitrogen and oxygen atoms in total. The van der Waals surface area contributed by atoms with E-state index in [1.165, 1.54) is 5.57 Å². The van der Waals surface area contributed by atoms with Crippen LogP contribution in [0, 0.1) is 17.8 Å². The molecule has 1 saturated carbocycles. The van der Waals surface area contributed by atoms with Gasteiger partial charge in [0.05, 0.1) is 11.7 Å². The summed E-state index contributed by atoms with van der Waals surface area (Å²) in [5, 5.41) is 0. The highest BCUT2D eigenvalue weighted by molar-refractivity contribution is 5.52. The van der Waals surface area contributed by atoms with Gasteiger partial charge in [0.25, 0.3) is 0 Å². The van der Waals surface area contributed by atoms with Gasteiger partial charge in [-0.1, -0.05) is 11.5 Å². The van der Waals surface area contributed by atoms with Crippen LogP contribution in [0.25, 0.3) is 6.08 Å². The second kappa shape index (κ2) is 2.81. The summed E-state index contributed by atoms with van der Waals surface area (Å²) in [7, 11) is 0. The predicted molar refractivity (Wildman–Crippen MR) is 52.9 cm³/mol. The molecule has 0 bridgehead atoms. The van der Waals surface area contributed by atoms with E-state index in [1.807, 2.05) is 18.2 Å². The molecule has 1 fully saturated rings. The highest BCUT2D eigenvalue weighted by atomic mass is 16.3. The third-order valence-corrected chi connectivity index (χ3v) is 2.68. The molecule has 1 heteroatoms. The molecule has 0 radical (unpaired) electrons. The zero-order valence-electron chi connectivity index (χ0n) is 7.71. The minimum atomic E-state index is 0.0484. The summed E-state index contributed by atoms with van der Waals surface area (Å²) < 4.78 is 5.23. The number of terminal acetylenes is 1. The van der Waals surface area contributed by atoms with E-state index in [2.05, 4.69) is 12.8 Å². The summed E-state index contributed by atoms with van der Waals surface area (Å²) in [5.41, 5.74) is 1.29. The fraction of sp³-hybridized carbons (Fsp3) is 0.333. The Morgan fingerprint density at radius 3 is 2.92 bits per heavy atom. The molecule has 13 heavy (non-hydrogen) atoms. The van der Waals surface area contributed by atoms with Crippen LogP contribution in [0.5, 0.6) is 0 Å². The van der Waals surface area contributed by atoms with Crippen LogP contribution in [0.4, 0.5) is 0 Å². The van der Waals surface area contributed by atoms with Gasteiger partial charge in [-0.2, -0.15) is 0 Å². The quantitative estimate of drug-likeness (QED) is 0.625. The van der Waals surface area contributed by atoms with Crippen molar-refractivity contribution in [2.24, 2.45) is 5.41 Å². The lowest BCUT2D eigenvalue weighted by molar-refractivity contribution is 0.555.